The van der Waals surface area contributed by atoms with Crippen molar-refractivity contribution in [3.05, 3.63) is 81.1 Å². The zero-order chi connectivity index (χ0) is 16.5. The van der Waals surface area contributed by atoms with E-state index in [4.69, 9.17) is 11.6 Å². The number of aryl methyl sites for hydroxylation is 1. The monoisotopic (exact) mass is 354 g/mol. The molecule has 0 amide bonds. The summed E-state index contributed by atoms with van der Waals surface area (Å²) in [6, 6.07) is 17.5. The summed E-state index contributed by atoms with van der Waals surface area (Å²) in [4.78, 5) is 13.7. The number of aromatic nitrogens is 2. The van der Waals surface area contributed by atoms with Crippen molar-refractivity contribution in [2.45, 2.75) is 17.9 Å². The zero-order valence-electron chi connectivity index (χ0n) is 12.9. The molecule has 0 fully saturated rings. The molecule has 1 aliphatic rings. The average Bonchev–Trinajstić information content (AvgIpc) is 2.76. The van der Waals surface area contributed by atoms with Gasteiger partial charge in [0.15, 0.2) is 0 Å². The minimum atomic E-state index is -0.0620. The van der Waals surface area contributed by atoms with Crippen LogP contribution in [0.2, 0.25) is 5.02 Å². The number of benzene rings is 2. The molecular formula is C19H15ClN2OS. The van der Waals surface area contributed by atoms with Gasteiger partial charge in [-0.15, -0.1) is 11.8 Å². The highest BCUT2D eigenvalue weighted by atomic mass is 35.5. The third-order valence-corrected chi connectivity index (χ3v) is 5.42. The number of thioether (sulfide) groups is 1. The first kappa shape index (κ1) is 15.5. The Labute approximate surface area is 149 Å². The van der Waals surface area contributed by atoms with Crippen molar-refractivity contribution in [1.29, 1.82) is 0 Å². The summed E-state index contributed by atoms with van der Waals surface area (Å²) in [5, 5.41) is 5.38. The number of rotatable bonds is 2. The van der Waals surface area contributed by atoms with Crippen molar-refractivity contribution in [1.82, 2.24) is 9.78 Å². The summed E-state index contributed by atoms with van der Waals surface area (Å²) in [5.74, 6) is 0.965. The van der Waals surface area contributed by atoms with Gasteiger partial charge in [-0.3, -0.25) is 4.79 Å². The summed E-state index contributed by atoms with van der Waals surface area (Å²) in [6.45, 7) is 0.443. The van der Waals surface area contributed by atoms with E-state index < -0.39 is 0 Å². The van der Waals surface area contributed by atoms with E-state index in [2.05, 4.69) is 17.2 Å². The number of hydrogen-bond donors (Lipinski definition) is 0. The van der Waals surface area contributed by atoms with Gasteiger partial charge < -0.3 is 0 Å². The van der Waals surface area contributed by atoms with Crippen LogP contribution in [0.4, 0.5) is 0 Å². The summed E-state index contributed by atoms with van der Waals surface area (Å²) < 4.78 is 1.54. The number of fused-ring (bicyclic) bond motifs is 3. The molecule has 0 bridgehead atoms. The number of hydrogen-bond acceptors (Lipinski definition) is 3. The van der Waals surface area contributed by atoms with Crippen molar-refractivity contribution in [3.8, 4) is 11.3 Å². The molecule has 0 saturated heterocycles. The molecule has 0 spiro atoms. The molecule has 1 aromatic heterocycles. The van der Waals surface area contributed by atoms with Crippen LogP contribution < -0.4 is 5.56 Å². The van der Waals surface area contributed by atoms with Crippen molar-refractivity contribution in [2.24, 2.45) is 0 Å². The normalized spacial score (nSPS) is 13.0. The summed E-state index contributed by atoms with van der Waals surface area (Å²) in [5.41, 5.74) is 4.01. The van der Waals surface area contributed by atoms with Gasteiger partial charge in [0.1, 0.15) is 0 Å². The second kappa shape index (κ2) is 6.46. The van der Waals surface area contributed by atoms with Gasteiger partial charge >= 0.3 is 0 Å². The van der Waals surface area contributed by atoms with Gasteiger partial charge in [-0.1, -0.05) is 41.9 Å². The van der Waals surface area contributed by atoms with E-state index in [0.717, 1.165) is 34.6 Å². The molecule has 0 aliphatic carbocycles. The second-order valence-electron chi connectivity index (χ2n) is 5.74. The van der Waals surface area contributed by atoms with Crippen LogP contribution in [0.15, 0.2) is 64.3 Å². The Morgan fingerprint density at radius 1 is 1.12 bits per heavy atom. The van der Waals surface area contributed by atoms with E-state index in [0.29, 0.717) is 11.6 Å². The molecule has 0 radical (unpaired) electrons. The molecule has 0 saturated carbocycles. The number of nitrogens with zero attached hydrogens (tertiary/aromatic N) is 2. The maximum atomic E-state index is 12.5. The highest BCUT2D eigenvalue weighted by Gasteiger charge is 2.17. The molecule has 0 unspecified atom stereocenters. The third-order valence-electron chi connectivity index (χ3n) is 4.09. The Kier molecular flexibility index (Phi) is 4.17. The third kappa shape index (κ3) is 2.99. The van der Waals surface area contributed by atoms with Crippen molar-refractivity contribution in [2.75, 3.05) is 5.75 Å². The molecule has 0 N–H and O–H groups in total. The lowest BCUT2D eigenvalue weighted by Gasteiger charge is -2.11. The van der Waals surface area contributed by atoms with Gasteiger partial charge in [0.05, 0.1) is 12.2 Å². The predicted octanol–water partition coefficient (Wildman–Crippen LogP) is 4.26. The van der Waals surface area contributed by atoms with Crippen LogP contribution in [-0.4, -0.2) is 15.5 Å². The first-order chi connectivity index (χ1) is 11.7. The van der Waals surface area contributed by atoms with E-state index in [9.17, 15) is 4.79 Å². The molecule has 4 rings (SSSR count). The Balaban J connectivity index is 1.80. The lowest BCUT2D eigenvalue weighted by Crippen LogP contribution is -2.24. The fraction of sp³-hybridized carbons (Fsp3) is 0.158. The molecule has 3 aromatic rings. The maximum absolute atomic E-state index is 12.5. The molecule has 2 aromatic carbocycles. The number of halogens is 1. The largest absolute Gasteiger partial charge is 0.268 e. The van der Waals surface area contributed by atoms with Crippen LogP contribution in [0, 0.1) is 0 Å². The van der Waals surface area contributed by atoms with Crippen LogP contribution >= 0.6 is 23.4 Å². The zero-order valence-corrected chi connectivity index (χ0v) is 14.5. The van der Waals surface area contributed by atoms with E-state index >= 15 is 0 Å². The first-order valence-corrected chi connectivity index (χ1v) is 9.15. The molecule has 1 aliphatic heterocycles. The standard InChI is InChI=1S/C19H15ClN2OS/c20-15-7-5-13(6-8-15)12-22-18(23)11-14-9-10-24-17-4-2-1-3-16(17)19(14)21-22/h1-8,11H,9-10,12H2. The Bertz CT molecular complexity index is 950. The summed E-state index contributed by atoms with van der Waals surface area (Å²) in [7, 11) is 0. The molecular weight excluding hydrogens is 340 g/mol. The van der Waals surface area contributed by atoms with Crippen molar-refractivity contribution >= 4 is 23.4 Å². The minimum absolute atomic E-state index is 0.0620. The molecule has 2 heterocycles. The topological polar surface area (TPSA) is 34.9 Å². The summed E-state index contributed by atoms with van der Waals surface area (Å²) in [6.07, 6.45) is 0.860. The highest BCUT2D eigenvalue weighted by Crippen LogP contribution is 2.35. The molecule has 5 heteroatoms. The van der Waals surface area contributed by atoms with Crippen LogP contribution in [0.1, 0.15) is 11.1 Å². The summed E-state index contributed by atoms with van der Waals surface area (Å²) >= 11 is 7.75. The van der Waals surface area contributed by atoms with Gasteiger partial charge in [-0.2, -0.15) is 5.10 Å². The van der Waals surface area contributed by atoms with Gasteiger partial charge in [0, 0.05) is 27.3 Å². The van der Waals surface area contributed by atoms with Crippen molar-refractivity contribution < 1.29 is 0 Å². The van der Waals surface area contributed by atoms with E-state index in [1.807, 2.05) is 48.2 Å². The Hall–Kier alpha value is -2.04. The van der Waals surface area contributed by atoms with Gasteiger partial charge in [-0.25, -0.2) is 4.68 Å². The molecule has 120 valence electrons. The van der Waals surface area contributed by atoms with Crippen molar-refractivity contribution in [3.63, 3.8) is 0 Å². The van der Waals surface area contributed by atoms with Crippen LogP contribution in [0.5, 0.6) is 0 Å². The molecule has 3 nitrogen and oxygen atoms in total. The fourth-order valence-corrected chi connectivity index (χ4v) is 4.04. The van der Waals surface area contributed by atoms with E-state index in [-0.39, 0.29) is 5.56 Å². The van der Waals surface area contributed by atoms with Crippen LogP contribution in [0.25, 0.3) is 11.3 Å². The molecule has 24 heavy (non-hydrogen) atoms. The Morgan fingerprint density at radius 2 is 1.92 bits per heavy atom. The minimum Gasteiger partial charge on any atom is -0.268 e. The molecule has 0 atom stereocenters. The van der Waals surface area contributed by atoms with Crippen LogP contribution in [-0.2, 0) is 13.0 Å². The predicted molar refractivity (Wildman–Crippen MR) is 98.9 cm³/mol. The van der Waals surface area contributed by atoms with E-state index in [1.54, 1.807) is 6.07 Å². The lowest BCUT2D eigenvalue weighted by molar-refractivity contribution is 0.638. The smallest absolute Gasteiger partial charge is 0.267 e. The first-order valence-electron chi connectivity index (χ1n) is 7.78. The SMILES string of the molecule is O=c1cc2c(nn1Cc1ccc(Cl)cc1)-c1ccccc1SCC2. The lowest BCUT2D eigenvalue weighted by atomic mass is 10.1. The Morgan fingerprint density at radius 3 is 2.75 bits per heavy atom. The quantitative estimate of drug-likeness (QED) is 0.689. The van der Waals surface area contributed by atoms with Gasteiger partial charge in [0.25, 0.3) is 5.56 Å². The van der Waals surface area contributed by atoms with Crippen LogP contribution in [0.3, 0.4) is 0 Å². The fourth-order valence-electron chi connectivity index (χ4n) is 2.88. The maximum Gasteiger partial charge on any atom is 0.267 e. The van der Waals surface area contributed by atoms with Gasteiger partial charge in [0.2, 0.25) is 0 Å². The average molecular weight is 355 g/mol. The van der Waals surface area contributed by atoms with E-state index in [1.165, 1.54) is 9.58 Å². The highest BCUT2D eigenvalue weighted by molar-refractivity contribution is 7.99. The van der Waals surface area contributed by atoms with Gasteiger partial charge in [-0.05, 0) is 35.7 Å². The second-order valence-corrected chi connectivity index (χ2v) is 7.31.